The van der Waals surface area contributed by atoms with Gasteiger partial charge in [-0.1, -0.05) is 11.6 Å². The smallest absolute Gasteiger partial charge is 0.431 e. The summed E-state index contributed by atoms with van der Waals surface area (Å²) in [6.45, 7) is -0.553. The van der Waals surface area contributed by atoms with Crippen LogP contribution in [0, 0.1) is 5.82 Å². The first-order valence-electron chi connectivity index (χ1n) is 8.27. The van der Waals surface area contributed by atoms with Crippen molar-refractivity contribution in [2.24, 2.45) is 7.05 Å². The molecule has 0 spiro atoms. The van der Waals surface area contributed by atoms with Crippen molar-refractivity contribution in [2.45, 2.75) is 19.0 Å². The van der Waals surface area contributed by atoms with Crippen molar-refractivity contribution in [3.63, 3.8) is 0 Å². The Kier molecular flexibility index (Phi) is 5.46. The Labute approximate surface area is 169 Å². The summed E-state index contributed by atoms with van der Waals surface area (Å²) in [6.07, 6.45) is -4.98. The SMILES string of the molecule is Cn1c(C(F)(F)F)cc(=O)n(-c2cc(OCN3C(=O)CCC3=O)c(Cl)cc2F)c1=O. The van der Waals surface area contributed by atoms with Gasteiger partial charge in [-0.3, -0.25) is 19.0 Å². The molecule has 2 amide bonds. The van der Waals surface area contributed by atoms with E-state index in [0.29, 0.717) is 6.07 Å². The molecule has 2 aromatic rings. The minimum atomic E-state index is -4.98. The number of likely N-dealkylation sites (tertiary alicyclic amines) is 1. The van der Waals surface area contributed by atoms with Crippen LogP contribution in [0.2, 0.25) is 5.02 Å². The topological polar surface area (TPSA) is 90.6 Å². The molecule has 160 valence electrons. The largest absolute Gasteiger partial charge is 0.471 e. The number of carbonyl (C=O) groups is 2. The third-order valence-corrected chi connectivity index (χ3v) is 4.65. The predicted molar refractivity (Wildman–Crippen MR) is 93.8 cm³/mol. The number of benzene rings is 1. The summed E-state index contributed by atoms with van der Waals surface area (Å²) >= 11 is 5.87. The molecule has 1 aliphatic heterocycles. The molecule has 0 bridgehead atoms. The van der Waals surface area contributed by atoms with Crippen molar-refractivity contribution >= 4 is 23.4 Å². The molecule has 3 rings (SSSR count). The van der Waals surface area contributed by atoms with E-state index in [9.17, 15) is 36.7 Å². The fourth-order valence-corrected chi connectivity index (χ4v) is 3.03. The zero-order valence-electron chi connectivity index (χ0n) is 15.1. The van der Waals surface area contributed by atoms with Crippen molar-refractivity contribution in [3.05, 3.63) is 55.6 Å². The van der Waals surface area contributed by atoms with Gasteiger partial charge in [0, 0.05) is 32.0 Å². The molecular formula is C17H12ClF4N3O5. The third kappa shape index (κ3) is 3.82. The molecule has 1 aromatic carbocycles. The van der Waals surface area contributed by atoms with Gasteiger partial charge in [-0.25, -0.2) is 18.7 Å². The van der Waals surface area contributed by atoms with Crippen molar-refractivity contribution in [3.8, 4) is 11.4 Å². The number of imide groups is 1. The highest BCUT2D eigenvalue weighted by atomic mass is 35.5. The number of rotatable bonds is 4. The van der Waals surface area contributed by atoms with E-state index < -0.39 is 53.2 Å². The number of halogens is 5. The van der Waals surface area contributed by atoms with Crippen molar-refractivity contribution in [1.82, 2.24) is 14.0 Å². The maximum Gasteiger partial charge on any atom is 0.431 e. The van der Waals surface area contributed by atoms with Gasteiger partial charge in [-0.2, -0.15) is 13.2 Å². The Morgan fingerprint density at radius 3 is 2.23 bits per heavy atom. The van der Waals surface area contributed by atoms with Gasteiger partial charge in [0.05, 0.1) is 10.7 Å². The molecule has 2 heterocycles. The van der Waals surface area contributed by atoms with E-state index in [1.165, 1.54) is 0 Å². The maximum atomic E-state index is 14.4. The number of nitrogens with zero attached hydrogens (tertiary/aromatic N) is 3. The normalized spacial score (nSPS) is 14.5. The lowest BCUT2D eigenvalue weighted by molar-refractivity contribution is -0.144. The lowest BCUT2D eigenvalue weighted by Gasteiger charge is -2.17. The fourth-order valence-electron chi connectivity index (χ4n) is 2.82. The standard InChI is InChI=1S/C17H12ClF4N3O5/c1-23-12(17(20,21)22)6-15(28)25(16(23)29)10-5-11(8(18)4-9(10)19)30-7-24-13(26)2-3-14(24)27/h4-6H,2-3,7H2,1H3. The molecule has 0 saturated carbocycles. The quantitative estimate of drug-likeness (QED) is 0.525. The van der Waals surface area contributed by atoms with Gasteiger partial charge in [-0.05, 0) is 6.07 Å². The van der Waals surface area contributed by atoms with Crippen LogP contribution in [0.15, 0.2) is 27.8 Å². The lowest BCUT2D eigenvalue weighted by atomic mass is 10.2. The Balaban J connectivity index is 2.06. The zero-order chi connectivity index (χ0) is 22.4. The van der Waals surface area contributed by atoms with Crippen LogP contribution >= 0.6 is 11.6 Å². The van der Waals surface area contributed by atoms with Crippen molar-refractivity contribution in [1.29, 1.82) is 0 Å². The van der Waals surface area contributed by atoms with E-state index in [0.717, 1.165) is 18.0 Å². The van der Waals surface area contributed by atoms with Crippen molar-refractivity contribution in [2.75, 3.05) is 6.73 Å². The van der Waals surface area contributed by atoms with E-state index in [1.54, 1.807) is 0 Å². The highest BCUT2D eigenvalue weighted by molar-refractivity contribution is 6.32. The van der Waals surface area contributed by atoms with Gasteiger partial charge >= 0.3 is 11.9 Å². The monoisotopic (exact) mass is 449 g/mol. The van der Waals surface area contributed by atoms with Crippen LogP contribution in [-0.2, 0) is 22.8 Å². The number of alkyl halides is 3. The molecule has 1 aliphatic rings. The first-order chi connectivity index (χ1) is 13.9. The van der Waals surface area contributed by atoms with Crippen molar-refractivity contribution < 1.29 is 31.9 Å². The van der Waals surface area contributed by atoms with Gasteiger partial charge < -0.3 is 4.74 Å². The van der Waals surface area contributed by atoms with Crippen LogP contribution in [0.5, 0.6) is 5.75 Å². The van der Waals surface area contributed by atoms with E-state index in [-0.39, 0.29) is 38.8 Å². The number of aromatic nitrogens is 2. The summed E-state index contributed by atoms with van der Waals surface area (Å²) in [7, 11) is 0.775. The summed E-state index contributed by atoms with van der Waals surface area (Å²) in [4.78, 5) is 48.6. The highest BCUT2D eigenvalue weighted by Gasteiger charge is 2.35. The van der Waals surface area contributed by atoms with Crippen LogP contribution in [-0.4, -0.2) is 32.6 Å². The molecule has 0 atom stereocenters. The average Bonchev–Trinajstić information content (AvgIpc) is 2.96. The van der Waals surface area contributed by atoms with Crippen LogP contribution in [0.3, 0.4) is 0 Å². The molecule has 13 heteroatoms. The molecular weight excluding hydrogens is 438 g/mol. The van der Waals surface area contributed by atoms with E-state index in [1.807, 2.05) is 0 Å². The fraction of sp³-hybridized carbons (Fsp3) is 0.294. The number of ether oxygens (including phenoxy) is 1. The summed E-state index contributed by atoms with van der Waals surface area (Å²) in [5, 5.41) is -0.313. The average molecular weight is 450 g/mol. The van der Waals surface area contributed by atoms with Gasteiger partial charge in [-0.15, -0.1) is 0 Å². The minimum Gasteiger partial charge on any atom is -0.471 e. The summed E-state index contributed by atoms with van der Waals surface area (Å²) in [5.74, 6) is -2.47. The van der Waals surface area contributed by atoms with E-state index in [4.69, 9.17) is 16.3 Å². The second-order valence-electron chi connectivity index (χ2n) is 6.27. The van der Waals surface area contributed by atoms with Gasteiger partial charge in [0.25, 0.3) is 5.56 Å². The molecule has 1 aromatic heterocycles. The highest BCUT2D eigenvalue weighted by Crippen LogP contribution is 2.30. The zero-order valence-corrected chi connectivity index (χ0v) is 15.9. The molecule has 0 radical (unpaired) electrons. The van der Waals surface area contributed by atoms with Gasteiger partial charge in [0.15, 0.2) is 6.73 Å². The van der Waals surface area contributed by atoms with E-state index in [2.05, 4.69) is 0 Å². The molecule has 1 fully saturated rings. The number of carbonyl (C=O) groups excluding carboxylic acids is 2. The number of amides is 2. The Morgan fingerprint density at radius 2 is 1.67 bits per heavy atom. The van der Waals surface area contributed by atoms with Gasteiger partial charge in [0.1, 0.15) is 17.3 Å². The minimum absolute atomic E-state index is 0.00157. The number of hydrogen-bond donors (Lipinski definition) is 0. The first-order valence-corrected chi connectivity index (χ1v) is 8.65. The summed E-state index contributed by atoms with van der Waals surface area (Å²) < 4.78 is 58.9. The Hall–Kier alpha value is -3.15. The molecule has 0 unspecified atom stereocenters. The molecule has 0 N–H and O–H groups in total. The lowest BCUT2D eigenvalue weighted by Crippen LogP contribution is -2.41. The van der Waals surface area contributed by atoms with Crippen LogP contribution in [0.25, 0.3) is 5.69 Å². The van der Waals surface area contributed by atoms with Crippen LogP contribution < -0.4 is 16.0 Å². The summed E-state index contributed by atoms with van der Waals surface area (Å²) in [5.41, 5.74) is -5.10. The molecule has 30 heavy (non-hydrogen) atoms. The number of hydrogen-bond acceptors (Lipinski definition) is 5. The first kappa shape index (κ1) is 21.6. The second kappa shape index (κ2) is 7.59. The molecule has 1 saturated heterocycles. The van der Waals surface area contributed by atoms with Crippen LogP contribution in [0.4, 0.5) is 17.6 Å². The molecule has 8 nitrogen and oxygen atoms in total. The van der Waals surface area contributed by atoms with Crippen LogP contribution in [0.1, 0.15) is 18.5 Å². The van der Waals surface area contributed by atoms with Gasteiger partial charge in [0.2, 0.25) is 11.8 Å². The Morgan fingerprint density at radius 1 is 1.07 bits per heavy atom. The summed E-state index contributed by atoms with van der Waals surface area (Å²) in [6, 6.07) is 1.65. The Bertz CT molecular complexity index is 1160. The molecule has 0 aliphatic carbocycles. The van der Waals surface area contributed by atoms with E-state index >= 15 is 0 Å². The maximum absolute atomic E-state index is 14.4. The third-order valence-electron chi connectivity index (χ3n) is 4.36. The predicted octanol–water partition coefficient (Wildman–Crippen LogP) is 1.83. The second-order valence-corrected chi connectivity index (χ2v) is 6.67.